The van der Waals surface area contributed by atoms with Crippen LogP contribution < -0.4 is 0 Å². The Balaban J connectivity index is 3.09. The SMILES string of the molecule is CCCCCCC(=O)OCCOCCOCCOCCOCCOCCOCCOCCOCCOCCOCCC(=O)OC. The highest BCUT2D eigenvalue weighted by molar-refractivity contribution is 5.69. The third-order valence-corrected chi connectivity index (χ3v) is 5.75. The van der Waals surface area contributed by atoms with E-state index in [2.05, 4.69) is 11.7 Å². The van der Waals surface area contributed by atoms with Gasteiger partial charge in [-0.25, -0.2) is 0 Å². The molecule has 14 nitrogen and oxygen atoms in total. The standard InChI is InChI=1S/C31H60O14/c1-3-4-5-6-7-31(33)45-29-28-44-27-26-43-25-24-42-23-22-41-21-20-40-19-18-39-17-16-38-15-14-37-13-12-36-11-10-35-9-8-30(32)34-2/h3-29H2,1-2H3. The van der Waals surface area contributed by atoms with E-state index in [0.717, 1.165) is 25.7 Å². The minimum atomic E-state index is -0.288. The Morgan fingerprint density at radius 3 is 0.978 bits per heavy atom. The van der Waals surface area contributed by atoms with Gasteiger partial charge in [-0.1, -0.05) is 26.2 Å². The van der Waals surface area contributed by atoms with E-state index in [1.807, 2.05) is 0 Å². The van der Waals surface area contributed by atoms with Crippen LogP contribution in [0.3, 0.4) is 0 Å². The third kappa shape index (κ3) is 38.6. The summed E-state index contributed by atoms with van der Waals surface area (Å²) in [7, 11) is 1.35. The number of hydrogen-bond acceptors (Lipinski definition) is 14. The summed E-state index contributed by atoms with van der Waals surface area (Å²) in [5.41, 5.74) is 0. The first-order chi connectivity index (χ1) is 22.2. The summed E-state index contributed by atoms with van der Waals surface area (Å²) in [5.74, 6) is -0.443. The first kappa shape index (κ1) is 43.5. The van der Waals surface area contributed by atoms with E-state index in [1.54, 1.807) is 0 Å². The molecule has 0 aromatic heterocycles. The molecule has 268 valence electrons. The van der Waals surface area contributed by atoms with E-state index in [4.69, 9.17) is 52.1 Å². The molecule has 0 aromatic carbocycles. The number of hydrogen-bond donors (Lipinski definition) is 0. The van der Waals surface area contributed by atoms with E-state index in [0.29, 0.717) is 139 Å². The molecule has 0 bridgehead atoms. The molecule has 0 rings (SSSR count). The number of unbranched alkanes of at least 4 members (excludes halogenated alkanes) is 3. The van der Waals surface area contributed by atoms with Crippen LogP contribution >= 0.6 is 0 Å². The van der Waals surface area contributed by atoms with Gasteiger partial charge in [0.05, 0.1) is 146 Å². The molecule has 45 heavy (non-hydrogen) atoms. The quantitative estimate of drug-likeness (QED) is 0.0707. The van der Waals surface area contributed by atoms with Crippen LogP contribution in [0.5, 0.6) is 0 Å². The van der Waals surface area contributed by atoms with Crippen LogP contribution in [0.4, 0.5) is 0 Å². The molecule has 0 aliphatic heterocycles. The Morgan fingerprint density at radius 1 is 0.356 bits per heavy atom. The van der Waals surface area contributed by atoms with E-state index < -0.39 is 0 Å². The van der Waals surface area contributed by atoms with E-state index >= 15 is 0 Å². The van der Waals surface area contributed by atoms with Gasteiger partial charge in [0.1, 0.15) is 6.61 Å². The van der Waals surface area contributed by atoms with E-state index in [-0.39, 0.29) is 25.0 Å². The number of rotatable bonds is 38. The van der Waals surface area contributed by atoms with Crippen molar-refractivity contribution in [3.05, 3.63) is 0 Å². The van der Waals surface area contributed by atoms with Crippen LogP contribution in [0, 0.1) is 0 Å². The zero-order valence-electron chi connectivity index (χ0n) is 27.8. The van der Waals surface area contributed by atoms with Gasteiger partial charge in [-0.2, -0.15) is 0 Å². The molecule has 0 radical (unpaired) electrons. The largest absolute Gasteiger partial charge is 0.469 e. The van der Waals surface area contributed by atoms with Crippen molar-refractivity contribution in [2.75, 3.05) is 146 Å². The number of ether oxygens (including phenoxy) is 12. The second-order valence-electron chi connectivity index (χ2n) is 9.48. The van der Waals surface area contributed by atoms with Crippen molar-refractivity contribution >= 4 is 11.9 Å². The molecule has 0 saturated carbocycles. The van der Waals surface area contributed by atoms with Crippen molar-refractivity contribution in [2.45, 2.75) is 45.4 Å². The van der Waals surface area contributed by atoms with Crippen molar-refractivity contribution in [2.24, 2.45) is 0 Å². The fourth-order valence-corrected chi connectivity index (χ4v) is 3.32. The summed E-state index contributed by atoms with van der Waals surface area (Å²) >= 11 is 0. The Morgan fingerprint density at radius 2 is 0.667 bits per heavy atom. The van der Waals surface area contributed by atoms with E-state index in [9.17, 15) is 9.59 Å². The minimum absolute atomic E-state index is 0.156. The highest BCUT2D eigenvalue weighted by Crippen LogP contribution is 2.03. The normalized spacial score (nSPS) is 11.2. The predicted octanol–water partition coefficient (Wildman–Crippen LogP) is 2.23. The maximum atomic E-state index is 11.5. The summed E-state index contributed by atoms with van der Waals surface area (Å²) in [6.45, 7) is 11.7. The zero-order chi connectivity index (χ0) is 32.7. The van der Waals surface area contributed by atoms with Gasteiger partial charge in [0.2, 0.25) is 0 Å². The summed E-state index contributed by atoms with van der Waals surface area (Å²) in [5, 5.41) is 0. The lowest BCUT2D eigenvalue weighted by Crippen LogP contribution is -2.15. The Bertz CT molecular complexity index is 611. The Labute approximate surface area is 269 Å². The monoisotopic (exact) mass is 656 g/mol. The molecular formula is C31H60O14. The van der Waals surface area contributed by atoms with Gasteiger partial charge in [-0.05, 0) is 6.42 Å². The van der Waals surface area contributed by atoms with Crippen LogP contribution in [0.15, 0.2) is 0 Å². The van der Waals surface area contributed by atoms with Crippen molar-refractivity contribution in [3.63, 3.8) is 0 Å². The van der Waals surface area contributed by atoms with Gasteiger partial charge in [-0.3, -0.25) is 9.59 Å². The number of carbonyl (C=O) groups excluding carboxylic acids is 2. The van der Waals surface area contributed by atoms with Gasteiger partial charge in [-0.15, -0.1) is 0 Å². The van der Waals surface area contributed by atoms with Gasteiger partial charge < -0.3 is 56.8 Å². The van der Waals surface area contributed by atoms with Crippen molar-refractivity contribution in [1.29, 1.82) is 0 Å². The fourth-order valence-electron chi connectivity index (χ4n) is 3.32. The molecule has 0 amide bonds. The molecule has 0 fully saturated rings. The van der Waals surface area contributed by atoms with Crippen molar-refractivity contribution < 1.29 is 66.4 Å². The van der Waals surface area contributed by atoms with Crippen LogP contribution in [0.2, 0.25) is 0 Å². The molecular weight excluding hydrogens is 596 g/mol. The molecule has 0 atom stereocenters. The van der Waals surface area contributed by atoms with Crippen LogP contribution in [-0.2, 0) is 66.4 Å². The third-order valence-electron chi connectivity index (χ3n) is 5.75. The molecule has 0 spiro atoms. The van der Waals surface area contributed by atoms with Gasteiger partial charge >= 0.3 is 11.9 Å². The topological polar surface area (TPSA) is 145 Å². The van der Waals surface area contributed by atoms with Crippen LogP contribution in [0.1, 0.15) is 45.4 Å². The van der Waals surface area contributed by atoms with Crippen LogP contribution in [0.25, 0.3) is 0 Å². The molecule has 0 heterocycles. The Hall–Kier alpha value is -1.46. The first-order valence-corrected chi connectivity index (χ1v) is 16.2. The minimum Gasteiger partial charge on any atom is -0.469 e. The second kappa shape index (κ2) is 38.7. The maximum Gasteiger partial charge on any atom is 0.307 e. The summed E-state index contributed by atoms with van der Waals surface area (Å²) in [6, 6.07) is 0. The summed E-state index contributed by atoms with van der Waals surface area (Å²) < 4.78 is 63.8. The maximum absolute atomic E-state index is 11.5. The highest BCUT2D eigenvalue weighted by Gasteiger charge is 2.02. The van der Waals surface area contributed by atoms with Gasteiger partial charge in [0.25, 0.3) is 0 Å². The summed E-state index contributed by atoms with van der Waals surface area (Å²) in [6.07, 6.45) is 4.99. The van der Waals surface area contributed by atoms with Crippen LogP contribution in [-0.4, -0.2) is 158 Å². The molecule has 0 aliphatic rings. The van der Waals surface area contributed by atoms with Gasteiger partial charge in [0, 0.05) is 6.42 Å². The number of methoxy groups -OCH3 is 1. The zero-order valence-corrected chi connectivity index (χ0v) is 27.8. The van der Waals surface area contributed by atoms with E-state index in [1.165, 1.54) is 7.11 Å². The Kier molecular flexibility index (Phi) is 37.5. The number of esters is 2. The van der Waals surface area contributed by atoms with Crippen molar-refractivity contribution in [3.8, 4) is 0 Å². The molecule has 14 heteroatoms. The van der Waals surface area contributed by atoms with Crippen molar-refractivity contribution in [1.82, 2.24) is 0 Å². The summed E-state index contributed by atoms with van der Waals surface area (Å²) in [4.78, 5) is 22.4. The lowest BCUT2D eigenvalue weighted by Gasteiger charge is -2.09. The lowest BCUT2D eigenvalue weighted by atomic mass is 10.2. The lowest BCUT2D eigenvalue weighted by molar-refractivity contribution is -0.145. The molecule has 0 unspecified atom stereocenters. The first-order valence-electron chi connectivity index (χ1n) is 16.2. The van der Waals surface area contributed by atoms with Gasteiger partial charge in [0.15, 0.2) is 0 Å². The number of carbonyl (C=O) groups is 2. The predicted molar refractivity (Wildman–Crippen MR) is 165 cm³/mol. The average Bonchev–Trinajstić information content (AvgIpc) is 3.05. The molecule has 0 N–H and O–H groups in total. The molecule has 0 aliphatic carbocycles. The molecule has 0 aromatic rings. The fraction of sp³-hybridized carbons (Fsp3) is 0.935. The smallest absolute Gasteiger partial charge is 0.307 e. The molecule has 0 saturated heterocycles. The second-order valence-corrected chi connectivity index (χ2v) is 9.48. The highest BCUT2D eigenvalue weighted by atomic mass is 16.6. The average molecular weight is 657 g/mol.